The quantitative estimate of drug-likeness (QED) is 0.392. The highest BCUT2D eigenvalue weighted by Gasteiger charge is 2.49. The van der Waals surface area contributed by atoms with Crippen molar-refractivity contribution in [1.82, 2.24) is 15.5 Å². The van der Waals surface area contributed by atoms with E-state index in [2.05, 4.69) is 10.6 Å². The summed E-state index contributed by atoms with van der Waals surface area (Å²) in [6, 6.07) is 15.3. The van der Waals surface area contributed by atoms with E-state index >= 15 is 0 Å². The molecule has 2 aliphatic rings. The van der Waals surface area contributed by atoms with E-state index in [1.165, 1.54) is 16.7 Å². The molecular formula is C31H41N3O6S. The first-order valence-electron chi connectivity index (χ1n) is 14.2. The molecule has 4 atom stereocenters. The van der Waals surface area contributed by atoms with Crippen molar-refractivity contribution in [3.05, 3.63) is 71.3 Å². The van der Waals surface area contributed by atoms with E-state index in [1.807, 2.05) is 75.4 Å². The fraction of sp³-hybridized carbons (Fsp3) is 0.516. The van der Waals surface area contributed by atoms with Crippen LogP contribution in [-0.4, -0.2) is 76.0 Å². The number of carbonyl (C=O) groups is 3. The predicted molar refractivity (Wildman–Crippen MR) is 158 cm³/mol. The number of amides is 3. The molecular weight excluding hydrogens is 542 g/mol. The van der Waals surface area contributed by atoms with Crippen molar-refractivity contribution < 1.29 is 29.0 Å². The molecule has 9 nitrogen and oxygen atoms in total. The normalized spacial score (nSPS) is 21.5. The van der Waals surface area contributed by atoms with Crippen molar-refractivity contribution >= 4 is 29.7 Å². The van der Waals surface area contributed by atoms with E-state index < -0.39 is 34.9 Å². The van der Waals surface area contributed by atoms with Crippen LogP contribution >= 0.6 is 11.8 Å². The van der Waals surface area contributed by atoms with Gasteiger partial charge >= 0.3 is 6.09 Å². The summed E-state index contributed by atoms with van der Waals surface area (Å²) in [7, 11) is 0. The first-order valence-corrected chi connectivity index (χ1v) is 15.2. The van der Waals surface area contributed by atoms with Crippen molar-refractivity contribution in [3.63, 3.8) is 0 Å². The van der Waals surface area contributed by atoms with Crippen molar-refractivity contribution in [1.29, 1.82) is 0 Å². The van der Waals surface area contributed by atoms with Crippen molar-refractivity contribution in [2.75, 3.05) is 19.1 Å². The molecule has 0 spiro atoms. The number of alkyl carbamates (subject to hydrolysis) is 1. The van der Waals surface area contributed by atoms with Crippen LogP contribution in [0.2, 0.25) is 0 Å². The number of hydrogen-bond acceptors (Lipinski definition) is 7. The van der Waals surface area contributed by atoms with Gasteiger partial charge in [-0.3, -0.25) is 9.59 Å². The smallest absolute Gasteiger partial charge is 0.407 e. The molecule has 10 heteroatoms. The number of aliphatic hydroxyl groups excluding tert-OH is 1. The number of ether oxygens (including phenoxy) is 2. The number of aliphatic hydroxyl groups is 1. The Kier molecular flexibility index (Phi) is 10.7. The molecule has 2 saturated heterocycles. The maximum atomic E-state index is 13.8. The molecule has 41 heavy (non-hydrogen) atoms. The second-order valence-corrected chi connectivity index (χ2v) is 12.8. The van der Waals surface area contributed by atoms with Crippen LogP contribution in [0.1, 0.15) is 49.8 Å². The van der Waals surface area contributed by atoms with Gasteiger partial charge in [0.25, 0.3) is 5.91 Å². The molecule has 3 amide bonds. The number of benzene rings is 2. The summed E-state index contributed by atoms with van der Waals surface area (Å²) in [6.07, 6.45) is 0.562. The number of hydrogen-bond donors (Lipinski definition) is 3. The van der Waals surface area contributed by atoms with Gasteiger partial charge in [0.2, 0.25) is 5.91 Å². The molecule has 2 aliphatic heterocycles. The Morgan fingerprint density at radius 2 is 1.85 bits per heavy atom. The first kappa shape index (κ1) is 30.9. The predicted octanol–water partition coefficient (Wildman–Crippen LogP) is 3.56. The summed E-state index contributed by atoms with van der Waals surface area (Å²) in [4.78, 5) is 41.4. The van der Waals surface area contributed by atoms with E-state index in [9.17, 15) is 19.5 Å². The van der Waals surface area contributed by atoms with Gasteiger partial charge in [-0.2, -0.15) is 0 Å². The standard InChI is InChI=1S/C31H41N3O6S/c1-21-11-7-8-14-23(21)18-32-28(36)27-31(2,3)41-20-34(27)29(37)26(35)25(17-22-12-5-4-6-13-22)33-30(38)40-19-24-15-9-10-16-39-24/h4-8,11-14,24-27,35H,9-10,15-20H2,1-3H3,(H,32,36)(H,33,38). The highest BCUT2D eigenvalue weighted by molar-refractivity contribution is 8.00. The SMILES string of the molecule is Cc1ccccc1CNC(=O)C1N(C(=O)C(O)C(Cc2ccccc2)NC(=O)OCC2CCCCO2)CSC1(C)C. The van der Waals surface area contributed by atoms with Crippen molar-refractivity contribution in [2.24, 2.45) is 0 Å². The second-order valence-electron chi connectivity index (χ2n) is 11.2. The molecule has 4 unspecified atom stereocenters. The van der Waals surface area contributed by atoms with Crippen LogP contribution in [0.15, 0.2) is 54.6 Å². The lowest BCUT2D eigenvalue weighted by atomic mass is 9.97. The Bertz CT molecular complexity index is 1190. The van der Waals surface area contributed by atoms with Crippen LogP contribution in [0, 0.1) is 6.92 Å². The average molecular weight is 584 g/mol. The number of carbonyl (C=O) groups excluding carboxylic acids is 3. The van der Waals surface area contributed by atoms with Gasteiger partial charge in [0.15, 0.2) is 6.10 Å². The minimum atomic E-state index is -1.59. The molecule has 222 valence electrons. The molecule has 2 fully saturated rings. The van der Waals surface area contributed by atoms with Gasteiger partial charge in [-0.25, -0.2) is 4.79 Å². The Morgan fingerprint density at radius 3 is 2.56 bits per heavy atom. The zero-order valence-corrected chi connectivity index (χ0v) is 24.8. The van der Waals surface area contributed by atoms with Crippen LogP contribution in [0.3, 0.4) is 0 Å². The molecule has 0 radical (unpaired) electrons. The zero-order chi connectivity index (χ0) is 29.4. The van der Waals surface area contributed by atoms with E-state index in [0.29, 0.717) is 13.2 Å². The lowest BCUT2D eigenvalue weighted by molar-refractivity contribution is -0.147. The third kappa shape index (κ3) is 8.24. The summed E-state index contributed by atoms with van der Waals surface area (Å²) in [6.45, 7) is 6.90. The summed E-state index contributed by atoms with van der Waals surface area (Å²) in [5.41, 5.74) is 2.89. The number of thioether (sulfide) groups is 1. The van der Waals surface area contributed by atoms with Crippen LogP contribution in [0.25, 0.3) is 0 Å². The molecule has 2 heterocycles. The first-order chi connectivity index (χ1) is 19.7. The molecule has 2 aromatic carbocycles. The lowest BCUT2D eigenvalue weighted by Gasteiger charge is -2.33. The molecule has 3 N–H and O–H groups in total. The second kappa shape index (κ2) is 14.2. The van der Waals surface area contributed by atoms with Crippen molar-refractivity contribution in [2.45, 2.75) is 82.0 Å². The van der Waals surface area contributed by atoms with Gasteiger partial charge in [0, 0.05) is 17.9 Å². The Balaban J connectivity index is 1.45. The van der Waals surface area contributed by atoms with Gasteiger partial charge in [0.05, 0.1) is 18.0 Å². The summed E-state index contributed by atoms with van der Waals surface area (Å²) >= 11 is 1.48. The maximum Gasteiger partial charge on any atom is 0.407 e. The van der Waals surface area contributed by atoms with E-state index in [0.717, 1.165) is 36.0 Å². The van der Waals surface area contributed by atoms with Crippen molar-refractivity contribution in [3.8, 4) is 0 Å². The van der Waals surface area contributed by atoms with Crippen LogP contribution in [0.5, 0.6) is 0 Å². The van der Waals surface area contributed by atoms with Gasteiger partial charge in [-0.05, 0) is 63.1 Å². The van der Waals surface area contributed by atoms with E-state index in [4.69, 9.17) is 9.47 Å². The monoisotopic (exact) mass is 583 g/mol. The topological polar surface area (TPSA) is 117 Å². The number of nitrogens with one attached hydrogen (secondary N) is 2. The fourth-order valence-electron chi connectivity index (χ4n) is 5.25. The molecule has 2 aromatic rings. The third-order valence-electron chi connectivity index (χ3n) is 7.70. The number of nitrogens with zero attached hydrogens (tertiary/aromatic N) is 1. The maximum absolute atomic E-state index is 13.8. The van der Waals surface area contributed by atoms with E-state index in [1.54, 1.807) is 0 Å². The van der Waals surface area contributed by atoms with E-state index in [-0.39, 0.29) is 30.9 Å². The molecule has 0 aromatic heterocycles. The van der Waals surface area contributed by atoms with Crippen LogP contribution in [-0.2, 0) is 32.0 Å². The largest absolute Gasteiger partial charge is 0.447 e. The van der Waals surface area contributed by atoms with Gasteiger partial charge in [-0.15, -0.1) is 11.8 Å². The molecule has 4 rings (SSSR count). The van der Waals surface area contributed by atoms with Gasteiger partial charge in [-0.1, -0.05) is 54.6 Å². The third-order valence-corrected chi connectivity index (χ3v) is 9.08. The molecule has 0 bridgehead atoms. The average Bonchev–Trinajstić information content (AvgIpc) is 3.30. The van der Waals surface area contributed by atoms with Gasteiger partial charge < -0.3 is 30.1 Å². The summed E-state index contributed by atoms with van der Waals surface area (Å²) in [5, 5.41) is 17.0. The minimum Gasteiger partial charge on any atom is -0.447 e. The van der Waals surface area contributed by atoms with Gasteiger partial charge in [0.1, 0.15) is 12.6 Å². The molecule has 0 saturated carbocycles. The fourth-order valence-corrected chi connectivity index (χ4v) is 6.39. The Morgan fingerprint density at radius 1 is 1.12 bits per heavy atom. The highest BCUT2D eigenvalue weighted by Crippen LogP contribution is 2.40. The summed E-state index contributed by atoms with van der Waals surface area (Å²) < 4.78 is 10.5. The zero-order valence-electron chi connectivity index (χ0n) is 24.0. The molecule has 0 aliphatic carbocycles. The summed E-state index contributed by atoms with van der Waals surface area (Å²) in [5.74, 6) is -0.661. The number of aryl methyl sites for hydroxylation is 1. The number of rotatable bonds is 10. The minimum absolute atomic E-state index is 0.105. The Labute approximate surface area is 246 Å². The highest BCUT2D eigenvalue weighted by atomic mass is 32.2. The Hall–Kier alpha value is -3.08. The van der Waals surface area contributed by atoms with Crippen LogP contribution in [0.4, 0.5) is 4.79 Å². The van der Waals surface area contributed by atoms with Crippen LogP contribution < -0.4 is 10.6 Å². The lowest BCUT2D eigenvalue weighted by Crippen LogP contribution is -2.58.